The molecule has 0 aliphatic rings. The van der Waals surface area contributed by atoms with Crippen LogP contribution in [0.5, 0.6) is 5.75 Å². The highest BCUT2D eigenvalue weighted by Gasteiger charge is 2.05. The fourth-order valence-electron chi connectivity index (χ4n) is 2.35. The molecule has 23 heavy (non-hydrogen) atoms. The molecular formula is C18H19N4O+. The molecule has 0 spiro atoms. The van der Waals surface area contributed by atoms with Crippen molar-refractivity contribution < 1.29 is 9.72 Å². The molecule has 0 aliphatic carbocycles. The van der Waals surface area contributed by atoms with E-state index in [1.165, 1.54) is 0 Å². The quantitative estimate of drug-likeness (QED) is 0.760. The van der Waals surface area contributed by atoms with Gasteiger partial charge in [-0.25, -0.2) is 4.98 Å². The van der Waals surface area contributed by atoms with Gasteiger partial charge in [0.05, 0.1) is 19.5 Å². The normalized spacial score (nSPS) is 10.3. The maximum absolute atomic E-state index is 5.90. The molecular weight excluding hydrogens is 288 g/mol. The first-order valence-corrected chi connectivity index (χ1v) is 7.34. The van der Waals surface area contributed by atoms with E-state index < -0.39 is 0 Å². The van der Waals surface area contributed by atoms with Crippen molar-refractivity contribution in [2.24, 2.45) is 0 Å². The summed E-state index contributed by atoms with van der Waals surface area (Å²) in [6, 6.07) is 14.1. The van der Waals surface area contributed by atoms with E-state index in [2.05, 4.69) is 33.5 Å². The van der Waals surface area contributed by atoms with Crippen LogP contribution in [0.1, 0.15) is 5.56 Å². The number of pyridine rings is 2. The number of aromatic nitrogens is 2. The zero-order valence-corrected chi connectivity index (χ0v) is 12.9. The zero-order chi connectivity index (χ0) is 16.1. The van der Waals surface area contributed by atoms with Gasteiger partial charge >= 0.3 is 0 Å². The summed E-state index contributed by atoms with van der Waals surface area (Å²) in [5.74, 6) is 1.37. The molecule has 0 aliphatic heterocycles. The van der Waals surface area contributed by atoms with E-state index in [0.717, 1.165) is 28.1 Å². The minimum atomic E-state index is 0.626. The van der Waals surface area contributed by atoms with E-state index in [1.54, 1.807) is 19.5 Å². The van der Waals surface area contributed by atoms with Gasteiger partial charge in [0.2, 0.25) is 0 Å². The molecule has 2 heterocycles. The molecule has 0 bridgehead atoms. The van der Waals surface area contributed by atoms with Crippen LogP contribution in [0.2, 0.25) is 0 Å². The average molecular weight is 307 g/mol. The van der Waals surface area contributed by atoms with Crippen molar-refractivity contribution in [2.45, 2.75) is 6.54 Å². The van der Waals surface area contributed by atoms with Crippen molar-refractivity contribution >= 4 is 11.5 Å². The molecule has 0 saturated carbocycles. The van der Waals surface area contributed by atoms with Crippen LogP contribution in [-0.4, -0.2) is 12.1 Å². The Morgan fingerprint density at radius 1 is 1.13 bits per heavy atom. The summed E-state index contributed by atoms with van der Waals surface area (Å²) in [6.45, 7) is 0.688. The number of aromatic amines is 1. The van der Waals surface area contributed by atoms with Crippen LogP contribution in [0.15, 0.2) is 61.1 Å². The van der Waals surface area contributed by atoms with E-state index in [0.29, 0.717) is 12.4 Å². The van der Waals surface area contributed by atoms with E-state index >= 15 is 0 Å². The lowest BCUT2D eigenvalue weighted by Crippen LogP contribution is -2.13. The molecule has 0 atom stereocenters. The Hall–Kier alpha value is -3.08. The topological polar surface area (TPSA) is 74.3 Å². The Morgan fingerprint density at radius 3 is 2.87 bits per heavy atom. The highest BCUT2D eigenvalue weighted by molar-refractivity contribution is 5.65. The first-order chi connectivity index (χ1) is 11.3. The minimum absolute atomic E-state index is 0.626. The van der Waals surface area contributed by atoms with Gasteiger partial charge in [-0.3, -0.25) is 10.7 Å². The summed E-state index contributed by atoms with van der Waals surface area (Å²) >= 11 is 0. The summed E-state index contributed by atoms with van der Waals surface area (Å²) in [7, 11) is 1.64. The Labute approximate surface area is 135 Å². The van der Waals surface area contributed by atoms with Gasteiger partial charge < -0.3 is 10.1 Å². The van der Waals surface area contributed by atoms with Crippen molar-refractivity contribution in [2.75, 3.05) is 18.2 Å². The zero-order valence-electron chi connectivity index (χ0n) is 12.9. The van der Waals surface area contributed by atoms with E-state index in [9.17, 15) is 0 Å². The van der Waals surface area contributed by atoms with Gasteiger partial charge in [-0.15, -0.1) is 0 Å². The molecule has 116 valence electrons. The van der Waals surface area contributed by atoms with Crippen LogP contribution < -0.4 is 20.8 Å². The monoisotopic (exact) mass is 307 g/mol. The van der Waals surface area contributed by atoms with Gasteiger partial charge in [0.15, 0.2) is 0 Å². The number of nitrogens with two attached hydrogens (primary N) is 1. The number of hydrogen-bond donors (Lipinski definition) is 2. The number of H-pyrrole nitrogens is 1. The molecule has 0 radical (unpaired) electrons. The van der Waals surface area contributed by atoms with Crippen LogP contribution in [-0.2, 0) is 6.54 Å². The van der Waals surface area contributed by atoms with E-state index in [1.807, 2.05) is 30.5 Å². The minimum Gasteiger partial charge on any atom is -0.495 e. The molecule has 0 fully saturated rings. The molecule has 2 aromatic heterocycles. The number of nitrogens with zero attached hydrogens (tertiary/aromatic N) is 1. The number of rotatable bonds is 5. The van der Waals surface area contributed by atoms with Gasteiger partial charge in [0.25, 0.3) is 5.82 Å². The molecule has 0 amide bonds. The van der Waals surface area contributed by atoms with Crippen molar-refractivity contribution in [1.29, 1.82) is 0 Å². The molecule has 0 unspecified atom stereocenters. The Bertz CT molecular complexity index is 804. The Balaban J connectivity index is 1.78. The van der Waals surface area contributed by atoms with Crippen LogP contribution in [0.3, 0.4) is 0 Å². The van der Waals surface area contributed by atoms with Crippen LogP contribution in [0, 0.1) is 0 Å². The fraction of sp³-hybridized carbons (Fsp3) is 0.111. The predicted octanol–water partition coefficient (Wildman–Crippen LogP) is 2.77. The summed E-state index contributed by atoms with van der Waals surface area (Å²) in [6.07, 6.45) is 5.33. The summed E-state index contributed by atoms with van der Waals surface area (Å²) < 4.78 is 5.23. The molecule has 5 nitrogen and oxygen atoms in total. The molecule has 0 saturated heterocycles. The lowest BCUT2D eigenvalue weighted by atomic mass is 10.0. The van der Waals surface area contributed by atoms with Crippen molar-refractivity contribution in [3.05, 3.63) is 66.6 Å². The average Bonchev–Trinajstić information content (AvgIpc) is 2.61. The molecule has 3 rings (SSSR count). The van der Waals surface area contributed by atoms with Crippen LogP contribution in [0.25, 0.3) is 11.1 Å². The van der Waals surface area contributed by atoms with Crippen molar-refractivity contribution in [3.63, 3.8) is 0 Å². The maximum Gasteiger partial charge on any atom is 0.293 e. The summed E-state index contributed by atoms with van der Waals surface area (Å²) in [5, 5.41) is 3.33. The molecule has 4 N–H and O–H groups in total. The van der Waals surface area contributed by atoms with Crippen LogP contribution in [0.4, 0.5) is 11.5 Å². The standard InChI is InChI=1S/C18H18N4O/c1-23-16-9-15(11-20-12-16)14-5-2-4-13(8-14)10-22-17-6-3-7-21-18(17)19/h2-9,11-12,22H,10H2,1H3,(H2,19,21)/p+1. The second-order valence-electron chi connectivity index (χ2n) is 5.16. The third kappa shape index (κ3) is 3.58. The maximum atomic E-state index is 5.90. The summed E-state index contributed by atoms with van der Waals surface area (Å²) in [4.78, 5) is 7.18. The van der Waals surface area contributed by atoms with Crippen LogP contribution >= 0.6 is 0 Å². The summed E-state index contributed by atoms with van der Waals surface area (Å²) in [5.41, 5.74) is 10.1. The highest BCUT2D eigenvalue weighted by Crippen LogP contribution is 2.23. The Morgan fingerprint density at radius 2 is 2.04 bits per heavy atom. The Kier molecular flexibility index (Phi) is 4.38. The van der Waals surface area contributed by atoms with Gasteiger partial charge in [-0.05, 0) is 35.4 Å². The van der Waals surface area contributed by atoms with E-state index in [4.69, 9.17) is 10.5 Å². The largest absolute Gasteiger partial charge is 0.495 e. The predicted molar refractivity (Wildman–Crippen MR) is 91.0 cm³/mol. The smallest absolute Gasteiger partial charge is 0.293 e. The molecule has 3 aromatic rings. The number of benzene rings is 1. The molecule has 5 heteroatoms. The van der Waals surface area contributed by atoms with Gasteiger partial charge in [0.1, 0.15) is 11.4 Å². The second kappa shape index (κ2) is 6.79. The number of anilines is 2. The van der Waals surface area contributed by atoms with E-state index in [-0.39, 0.29) is 0 Å². The van der Waals surface area contributed by atoms with Gasteiger partial charge in [0, 0.05) is 18.3 Å². The van der Waals surface area contributed by atoms with Crippen molar-refractivity contribution in [1.82, 2.24) is 4.98 Å². The number of nitrogens with one attached hydrogen (secondary N) is 2. The third-order valence-corrected chi connectivity index (χ3v) is 3.58. The molecule has 1 aromatic carbocycles. The van der Waals surface area contributed by atoms with Crippen molar-refractivity contribution in [3.8, 4) is 16.9 Å². The number of methoxy groups -OCH3 is 1. The first-order valence-electron chi connectivity index (χ1n) is 7.34. The number of hydrogen-bond acceptors (Lipinski definition) is 4. The highest BCUT2D eigenvalue weighted by atomic mass is 16.5. The lowest BCUT2D eigenvalue weighted by Gasteiger charge is -2.09. The third-order valence-electron chi connectivity index (χ3n) is 3.58. The number of nitrogen functional groups attached to an aromatic ring is 1. The lowest BCUT2D eigenvalue weighted by molar-refractivity contribution is -0.359. The SMILES string of the molecule is COc1cncc(-c2cccc(CNc3ccc[nH+]c3N)c2)c1. The fourth-order valence-corrected chi connectivity index (χ4v) is 2.35. The van der Waals surface area contributed by atoms with Gasteiger partial charge in [-0.1, -0.05) is 18.2 Å². The van der Waals surface area contributed by atoms with Gasteiger partial charge in [-0.2, -0.15) is 0 Å². The first kappa shape index (κ1) is 14.8. The second-order valence-corrected chi connectivity index (χ2v) is 5.16. The number of ether oxygens (including phenoxy) is 1.